The third kappa shape index (κ3) is 7.56. The van der Waals surface area contributed by atoms with Gasteiger partial charge in [0.2, 0.25) is 0 Å². The number of guanidine groups is 1. The van der Waals surface area contributed by atoms with Crippen LogP contribution in [0.5, 0.6) is 0 Å². The number of methoxy groups -OCH3 is 1. The molecular weight excluding hydrogens is 349 g/mol. The number of thiophene rings is 1. The lowest BCUT2D eigenvalue weighted by Gasteiger charge is -2.10. The molecule has 0 atom stereocenters. The van der Waals surface area contributed by atoms with E-state index in [1.54, 1.807) is 25.5 Å². The Balaban J connectivity index is 0.00000256. The summed E-state index contributed by atoms with van der Waals surface area (Å²) in [5.74, 6) is 0.838. The lowest BCUT2D eigenvalue weighted by molar-refractivity contribution is 0.195. The number of nitrogens with one attached hydrogen (secondary N) is 2. The minimum Gasteiger partial charge on any atom is -0.385 e. The van der Waals surface area contributed by atoms with E-state index in [0.29, 0.717) is 0 Å². The molecular formula is C11H20IN3OS. The van der Waals surface area contributed by atoms with Gasteiger partial charge in [0.05, 0.1) is 6.54 Å². The predicted octanol–water partition coefficient (Wildman–Crippen LogP) is 2.07. The first kappa shape index (κ1) is 16.7. The standard InChI is InChI=1S/C11H19N3OS.HI/c1-12-11(13-6-4-7-15-2)14-9-10-5-3-8-16-10;/h3,5,8H,4,6-7,9H2,1-2H3,(H2,12,13,14);1H. The van der Waals surface area contributed by atoms with Crippen molar-refractivity contribution in [1.29, 1.82) is 0 Å². The molecule has 0 spiro atoms. The van der Waals surface area contributed by atoms with E-state index in [2.05, 4.69) is 33.1 Å². The van der Waals surface area contributed by atoms with E-state index in [9.17, 15) is 0 Å². The van der Waals surface area contributed by atoms with E-state index < -0.39 is 0 Å². The van der Waals surface area contributed by atoms with Crippen LogP contribution in [0.3, 0.4) is 0 Å². The second-order valence-corrected chi connectivity index (χ2v) is 4.31. The van der Waals surface area contributed by atoms with Crippen LogP contribution >= 0.6 is 35.3 Å². The molecule has 2 N–H and O–H groups in total. The molecule has 0 aliphatic rings. The van der Waals surface area contributed by atoms with Crippen molar-refractivity contribution in [2.45, 2.75) is 13.0 Å². The van der Waals surface area contributed by atoms with Crippen molar-refractivity contribution in [2.24, 2.45) is 4.99 Å². The molecule has 0 saturated heterocycles. The fraction of sp³-hybridized carbons (Fsp3) is 0.545. The normalized spacial score (nSPS) is 10.8. The Labute approximate surface area is 124 Å². The van der Waals surface area contributed by atoms with Crippen LogP contribution in [-0.4, -0.2) is 33.3 Å². The first-order valence-electron chi connectivity index (χ1n) is 5.32. The quantitative estimate of drug-likeness (QED) is 0.349. The van der Waals surface area contributed by atoms with Crippen LogP contribution in [0.15, 0.2) is 22.5 Å². The molecule has 1 aromatic heterocycles. The third-order valence-electron chi connectivity index (χ3n) is 2.05. The maximum atomic E-state index is 4.98. The minimum atomic E-state index is 0. The van der Waals surface area contributed by atoms with Crippen molar-refractivity contribution in [2.75, 3.05) is 27.3 Å². The van der Waals surface area contributed by atoms with Crippen LogP contribution in [-0.2, 0) is 11.3 Å². The Morgan fingerprint density at radius 1 is 1.47 bits per heavy atom. The number of aliphatic imine (C=N–C) groups is 1. The fourth-order valence-corrected chi connectivity index (χ4v) is 1.87. The van der Waals surface area contributed by atoms with Crippen LogP contribution in [0.1, 0.15) is 11.3 Å². The van der Waals surface area contributed by atoms with E-state index in [1.807, 2.05) is 0 Å². The summed E-state index contributed by atoms with van der Waals surface area (Å²) < 4.78 is 4.98. The molecule has 1 aromatic rings. The van der Waals surface area contributed by atoms with Crippen molar-refractivity contribution in [3.05, 3.63) is 22.4 Å². The summed E-state index contributed by atoms with van der Waals surface area (Å²) in [5, 5.41) is 8.56. The highest BCUT2D eigenvalue weighted by Gasteiger charge is 1.97. The molecule has 0 fully saturated rings. The average molecular weight is 369 g/mol. The van der Waals surface area contributed by atoms with E-state index in [0.717, 1.165) is 32.1 Å². The van der Waals surface area contributed by atoms with Gasteiger partial charge in [-0.3, -0.25) is 4.99 Å². The fourth-order valence-electron chi connectivity index (χ4n) is 1.23. The van der Waals surface area contributed by atoms with Gasteiger partial charge in [-0.1, -0.05) is 6.07 Å². The second kappa shape index (κ2) is 10.8. The summed E-state index contributed by atoms with van der Waals surface area (Å²) in [4.78, 5) is 5.45. The maximum absolute atomic E-state index is 4.98. The zero-order valence-corrected chi connectivity index (χ0v) is 13.4. The third-order valence-corrected chi connectivity index (χ3v) is 2.93. The molecule has 98 valence electrons. The van der Waals surface area contributed by atoms with Gasteiger partial charge >= 0.3 is 0 Å². The molecule has 0 radical (unpaired) electrons. The molecule has 0 aromatic carbocycles. The van der Waals surface area contributed by atoms with Gasteiger partial charge in [0, 0.05) is 32.2 Å². The summed E-state index contributed by atoms with van der Waals surface area (Å²) in [5.41, 5.74) is 0. The average Bonchev–Trinajstić information content (AvgIpc) is 2.81. The topological polar surface area (TPSA) is 45.7 Å². The lowest BCUT2D eigenvalue weighted by Crippen LogP contribution is -2.37. The van der Waals surface area contributed by atoms with Crippen molar-refractivity contribution in [3.63, 3.8) is 0 Å². The number of hydrogen-bond donors (Lipinski definition) is 2. The van der Waals surface area contributed by atoms with E-state index in [4.69, 9.17) is 4.74 Å². The second-order valence-electron chi connectivity index (χ2n) is 3.28. The van der Waals surface area contributed by atoms with Crippen molar-refractivity contribution >= 4 is 41.3 Å². The van der Waals surface area contributed by atoms with E-state index >= 15 is 0 Å². The monoisotopic (exact) mass is 369 g/mol. The minimum absolute atomic E-state index is 0. The zero-order valence-electron chi connectivity index (χ0n) is 10.2. The molecule has 0 amide bonds. The summed E-state index contributed by atoms with van der Waals surface area (Å²) in [7, 11) is 3.49. The highest BCUT2D eigenvalue weighted by molar-refractivity contribution is 14.0. The van der Waals surface area contributed by atoms with Gasteiger partial charge in [-0.2, -0.15) is 0 Å². The van der Waals surface area contributed by atoms with E-state index in [-0.39, 0.29) is 24.0 Å². The van der Waals surface area contributed by atoms with Gasteiger partial charge in [-0.15, -0.1) is 35.3 Å². The van der Waals surface area contributed by atoms with Crippen molar-refractivity contribution < 1.29 is 4.74 Å². The Morgan fingerprint density at radius 2 is 2.29 bits per heavy atom. The summed E-state index contributed by atoms with van der Waals surface area (Å²) in [6, 6.07) is 4.16. The van der Waals surface area contributed by atoms with Gasteiger partial charge in [0.15, 0.2) is 5.96 Å². The molecule has 0 saturated carbocycles. The predicted molar refractivity (Wildman–Crippen MR) is 84.4 cm³/mol. The van der Waals surface area contributed by atoms with Gasteiger partial charge in [0.1, 0.15) is 0 Å². The van der Waals surface area contributed by atoms with Crippen LogP contribution in [0.25, 0.3) is 0 Å². The molecule has 0 aliphatic carbocycles. The highest BCUT2D eigenvalue weighted by Crippen LogP contribution is 2.06. The smallest absolute Gasteiger partial charge is 0.191 e. The number of ether oxygens (including phenoxy) is 1. The molecule has 4 nitrogen and oxygen atoms in total. The van der Waals surface area contributed by atoms with Gasteiger partial charge in [0.25, 0.3) is 0 Å². The van der Waals surface area contributed by atoms with Crippen LogP contribution in [0, 0.1) is 0 Å². The molecule has 0 aliphatic heterocycles. The summed E-state index contributed by atoms with van der Waals surface area (Å²) in [6.07, 6.45) is 0.982. The first-order valence-corrected chi connectivity index (χ1v) is 6.20. The van der Waals surface area contributed by atoms with Gasteiger partial charge < -0.3 is 15.4 Å². The number of halogens is 1. The number of hydrogen-bond acceptors (Lipinski definition) is 3. The Kier molecular flexibility index (Phi) is 10.6. The molecule has 1 rings (SSSR count). The Hall–Kier alpha value is -0.340. The highest BCUT2D eigenvalue weighted by atomic mass is 127. The molecule has 17 heavy (non-hydrogen) atoms. The Morgan fingerprint density at radius 3 is 2.88 bits per heavy atom. The van der Waals surface area contributed by atoms with Crippen LogP contribution in [0.4, 0.5) is 0 Å². The van der Waals surface area contributed by atoms with Crippen LogP contribution in [0.2, 0.25) is 0 Å². The van der Waals surface area contributed by atoms with E-state index in [1.165, 1.54) is 4.88 Å². The van der Waals surface area contributed by atoms with Gasteiger partial charge in [-0.05, 0) is 17.9 Å². The van der Waals surface area contributed by atoms with Crippen molar-refractivity contribution in [1.82, 2.24) is 10.6 Å². The zero-order chi connectivity index (χ0) is 11.6. The number of nitrogens with zero attached hydrogens (tertiary/aromatic N) is 1. The first-order chi connectivity index (χ1) is 7.86. The summed E-state index contributed by atoms with van der Waals surface area (Å²) in [6.45, 7) is 2.47. The molecule has 1 heterocycles. The van der Waals surface area contributed by atoms with Crippen molar-refractivity contribution in [3.8, 4) is 0 Å². The molecule has 0 bridgehead atoms. The summed E-state index contributed by atoms with van der Waals surface area (Å²) >= 11 is 1.74. The lowest BCUT2D eigenvalue weighted by atomic mass is 10.4. The van der Waals surface area contributed by atoms with Gasteiger partial charge in [-0.25, -0.2) is 0 Å². The number of rotatable bonds is 6. The molecule has 6 heteroatoms. The maximum Gasteiger partial charge on any atom is 0.191 e. The Bertz CT molecular complexity index is 304. The largest absolute Gasteiger partial charge is 0.385 e. The molecule has 0 unspecified atom stereocenters. The van der Waals surface area contributed by atoms with Crippen LogP contribution < -0.4 is 10.6 Å². The SMILES string of the molecule is CN=C(NCCCOC)NCc1cccs1.I.